The van der Waals surface area contributed by atoms with Crippen molar-refractivity contribution in [2.45, 2.75) is 25.4 Å². The summed E-state index contributed by atoms with van der Waals surface area (Å²) in [6.07, 6.45) is 1.55. The molecule has 0 unspecified atom stereocenters. The van der Waals surface area contributed by atoms with Gasteiger partial charge in [0.2, 0.25) is 0 Å². The molecule has 0 heterocycles. The molecule has 0 saturated heterocycles. The first-order valence-electron chi connectivity index (χ1n) is 11.1. The van der Waals surface area contributed by atoms with E-state index in [9.17, 15) is 9.18 Å². The summed E-state index contributed by atoms with van der Waals surface area (Å²) in [5, 5.41) is 0.512. The quantitative estimate of drug-likeness (QED) is 0.318. The lowest BCUT2D eigenvalue weighted by Crippen LogP contribution is -2.40. The molecule has 164 valence electrons. The predicted octanol–water partition coefficient (Wildman–Crippen LogP) is 6.96. The Hall–Kier alpha value is -3.43. The van der Waals surface area contributed by atoms with Gasteiger partial charge in [-0.25, -0.2) is 4.39 Å². The first kappa shape index (κ1) is 21.4. The molecule has 4 aromatic carbocycles. The molecule has 1 aliphatic carbocycles. The van der Waals surface area contributed by atoms with Crippen LogP contribution in [0.4, 0.5) is 4.39 Å². The van der Waals surface area contributed by atoms with Crippen molar-refractivity contribution < 1.29 is 9.18 Å². The molecule has 1 amide bonds. The van der Waals surface area contributed by atoms with Gasteiger partial charge in [0.05, 0.1) is 0 Å². The third-order valence-corrected chi connectivity index (χ3v) is 6.50. The molecular weight excluding hydrogens is 433 g/mol. The maximum absolute atomic E-state index is 14.1. The topological polar surface area (TPSA) is 20.3 Å². The minimum absolute atomic E-state index is 0.0132. The van der Waals surface area contributed by atoms with Crippen molar-refractivity contribution in [1.82, 2.24) is 4.90 Å². The lowest BCUT2D eigenvalue weighted by molar-refractivity contribution is 0.0668. The largest absolute Gasteiger partial charge is 0.331 e. The molecule has 0 aliphatic heterocycles. The first-order valence-corrected chi connectivity index (χ1v) is 11.4. The summed E-state index contributed by atoms with van der Waals surface area (Å²) in [6.45, 7) is 0.329. The molecule has 0 N–H and O–H groups in total. The van der Waals surface area contributed by atoms with E-state index >= 15 is 0 Å². The van der Waals surface area contributed by atoms with Crippen LogP contribution in [0.25, 0.3) is 11.1 Å². The molecule has 0 saturated carbocycles. The Kier molecular flexibility index (Phi) is 5.97. The molecule has 0 aromatic heterocycles. The van der Waals surface area contributed by atoms with Gasteiger partial charge in [0.15, 0.2) is 0 Å². The number of hydrogen-bond acceptors (Lipinski definition) is 1. The Morgan fingerprint density at radius 2 is 1.55 bits per heavy atom. The Bertz CT molecular complexity index is 1280. The Balaban J connectivity index is 1.56. The fraction of sp³-hybridized carbons (Fsp3) is 0.138. The van der Waals surface area contributed by atoms with E-state index in [1.165, 1.54) is 23.3 Å². The highest BCUT2D eigenvalue weighted by Crippen LogP contribution is 2.32. The van der Waals surface area contributed by atoms with Crippen molar-refractivity contribution in [3.8, 4) is 11.1 Å². The highest BCUT2D eigenvalue weighted by molar-refractivity contribution is 6.31. The molecule has 1 aliphatic rings. The van der Waals surface area contributed by atoms with E-state index < -0.39 is 0 Å². The third kappa shape index (κ3) is 4.55. The van der Waals surface area contributed by atoms with Crippen molar-refractivity contribution in [3.63, 3.8) is 0 Å². The van der Waals surface area contributed by atoms with Crippen molar-refractivity contribution in [2.24, 2.45) is 0 Å². The smallest absolute Gasteiger partial charge is 0.255 e. The van der Waals surface area contributed by atoms with E-state index in [0.717, 1.165) is 29.5 Å². The summed E-state index contributed by atoms with van der Waals surface area (Å²) in [4.78, 5) is 16.0. The van der Waals surface area contributed by atoms with Gasteiger partial charge in [-0.1, -0.05) is 84.4 Å². The monoisotopic (exact) mass is 455 g/mol. The van der Waals surface area contributed by atoms with Crippen LogP contribution in [0.2, 0.25) is 5.02 Å². The molecule has 0 spiro atoms. The summed E-state index contributed by atoms with van der Waals surface area (Å²) in [5.74, 6) is -0.402. The van der Waals surface area contributed by atoms with E-state index in [1.807, 2.05) is 65.6 Å². The summed E-state index contributed by atoms with van der Waals surface area (Å²) in [6, 6.07) is 30.0. The Labute approximate surface area is 198 Å². The third-order valence-electron chi connectivity index (χ3n) is 6.27. The van der Waals surface area contributed by atoms with Crippen LogP contribution in [0.3, 0.4) is 0 Å². The summed E-state index contributed by atoms with van der Waals surface area (Å²) < 4.78 is 14.0. The SMILES string of the molecule is O=C(c1cc(Cl)ccc1-c1ccccc1)N(Cc1cccc(F)c1)C1Cc2ccccc2C1. The van der Waals surface area contributed by atoms with Gasteiger partial charge in [0.1, 0.15) is 5.82 Å². The maximum atomic E-state index is 14.1. The van der Waals surface area contributed by atoms with E-state index in [4.69, 9.17) is 11.6 Å². The normalized spacial score (nSPS) is 13.0. The van der Waals surface area contributed by atoms with E-state index in [0.29, 0.717) is 17.1 Å². The molecule has 2 nitrogen and oxygen atoms in total. The number of benzene rings is 4. The molecule has 0 fully saturated rings. The highest BCUT2D eigenvalue weighted by Gasteiger charge is 2.31. The zero-order valence-corrected chi connectivity index (χ0v) is 18.8. The number of nitrogens with zero attached hydrogens (tertiary/aromatic N) is 1. The average molecular weight is 456 g/mol. The van der Waals surface area contributed by atoms with Gasteiger partial charge in [0, 0.05) is 23.2 Å². The number of rotatable bonds is 5. The first-order chi connectivity index (χ1) is 16.1. The van der Waals surface area contributed by atoms with Crippen LogP contribution in [0.5, 0.6) is 0 Å². The van der Waals surface area contributed by atoms with Crippen LogP contribution in [-0.4, -0.2) is 16.8 Å². The van der Waals surface area contributed by atoms with Gasteiger partial charge < -0.3 is 4.90 Å². The molecule has 4 heteroatoms. The fourth-order valence-electron chi connectivity index (χ4n) is 4.67. The van der Waals surface area contributed by atoms with Crippen LogP contribution >= 0.6 is 11.6 Å². The number of hydrogen-bond donors (Lipinski definition) is 0. The number of fused-ring (bicyclic) bond motifs is 1. The highest BCUT2D eigenvalue weighted by atomic mass is 35.5. The number of amides is 1. The predicted molar refractivity (Wildman–Crippen MR) is 131 cm³/mol. The fourth-order valence-corrected chi connectivity index (χ4v) is 4.84. The minimum atomic E-state index is -0.303. The molecule has 5 rings (SSSR count). The second-order valence-corrected chi connectivity index (χ2v) is 8.89. The minimum Gasteiger partial charge on any atom is -0.331 e. The average Bonchev–Trinajstić information content (AvgIpc) is 3.27. The Morgan fingerprint density at radius 1 is 0.848 bits per heavy atom. The number of halogens is 2. The number of carbonyl (C=O) groups excluding carboxylic acids is 1. The number of carbonyl (C=O) groups is 1. The second-order valence-electron chi connectivity index (χ2n) is 8.45. The van der Waals surface area contributed by atoms with Crippen molar-refractivity contribution in [3.05, 3.63) is 130 Å². The molecule has 33 heavy (non-hydrogen) atoms. The molecule has 4 aromatic rings. The van der Waals surface area contributed by atoms with Gasteiger partial charge in [-0.3, -0.25) is 4.79 Å². The van der Waals surface area contributed by atoms with Crippen LogP contribution in [0.1, 0.15) is 27.0 Å². The summed E-state index contributed by atoms with van der Waals surface area (Å²) in [7, 11) is 0. The summed E-state index contributed by atoms with van der Waals surface area (Å²) in [5.41, 5.74) is 5.63. The van der Waals surface area contributed by atoms with E-state index in [1.54, 1.807) is 12.1 Å². The zero-order chi connectivity index (χ0) is 22.8. The maximum Gasteiger partial charge on any atom is 0.255 e. The zero-order valence-electron chi connectivity index (χ0n) is 18.0. The van der Waals surface area contributed by atoms with Gasteiger partial charge >= 0.3 is 0 Å². The van der Waals surface area contributed by atoms with Crippen LogP contribution in [0, 0.1) is 5.82 Å². The van der Waals surface area contributed by atoms with Crippen molar-refractivity contribution in [2.75, 3.05) is 0 Å². The van der Waals surface area contributed by atoms with Crippen LogP contribution < -0.4 is 0 Å². The van der Waals surface area contributed by atoms with Gasteiger partial charge in [-0.05, 0) is 64.9 Å². The molecule has 0 atom stereocenters. The van der Waals surface area contributed by atoms with Gasteiger partial charge in [-0.15, -0.1) is 0 Å². The summed E-state index contributed by atoms with van der Waals surface area (Å²) >= 11 is 6.35. The van der Waals surface area contributed by atoms with Crippen molar-refractivity contribution in [1.29, 1.82) is 0 Å². The molecular formula is C29H23ClFNO. The van der Waals surface area contributed by atoms with Crippen molar-refractivity contribution >= 4 is 17.5 Å². The van der Waals surface area contributed by atoms with E-state index in [-0.39, 0.29) is 17.8 Å². The second kappa shape index (κ2) is 9.21. The van der Waals surface area contributed by atoms with Crippen LogP contribution in [0.15, 0.2) is 97.1 Å². The Morgan fingerprint density at radius 3 is 2.24 bits per heavy atom. The lowest BCUT2D eigenvalue weighted by Gasteiger charge is -2.30. The molecule has 0 bridgehead atoms. The molecule has 0 radical (unpaired) electrons. The van der Waals surface area contributed by atoms with Crippen LogP contribution in [-0.2, 0) is 19.4 Å². The standard InChI is InChI=1S/C29H23ClFNO/c30-24-13-14-27(21-8-2-1-3-9-21)28(18-24)29(33)32(19-20-7-6-12-25(31)15-20)26-16-22-10-4-5-11-23(22)17-26/h1-15,18,26H,16-17,19H2. The van der Waals surface area contributed by atoms with E-state index in [2.05, 4.69) is 12.1 Å². The van der Waals surface area contributed by atoms with Gasteiger partial charge in [-0.2, -0.15) is 0 Å². The van der Waals surface area contributed by atoms with Gasteiger partial charge in [0.25, 0.3) is 5.91 Å². The lowest BCUT2D eigenvalue weighted by atomic mass is 9.97.